The summed E-state index contributed by atoms with van der Waals surface area (Å²) in [7, 11) is 5.31. The minimum absolute atomic E-state index is 0.162. The lowest BCUT2D eigenvalue weighted by molar-refractivity contribution is -0.301. The van der Waals surface area contributed by atoms with Crippen molar-refractivity contribution in [3.8, 4) is 0 Å². The topological polar surface area (TPSA) is 184 Å². The molecule has 0 bridgehead atoms. The van der Waals surface area contributed by atoms with Crippen molar-refractivity contribution >= 4 is 29.7 Å². The van der Waals surface area contributed by atoms with Crippen molar-refractivity contribution in [2.24, 2.45) is 29.6 Å². The lowest BCUT2D eigenvalue weighted by Gasteiger charge is -2.46. The number of Topliss-reactive ketones (excluding diaryl/α,β-unsaturated/α-hetero) is 1. The smallest absolute Gasteiger partial charge is 0.311 e. The predicted molar refractivity (Wildman–Crippen MR) is 202 cm³/mol. The highest BCUT2D eigenvalue weighted by Crippen LogP contribution is 2.44. The van der Waals surface area contributed by atoms with Gasteiger partial charge in [0.2, 0.25) is 0 Å². The van der Waals surface area contributed by atoms with Gasteiger partial charge in [-0.1, -0.05) is 27.7 Å². The summed E-state index contributed by atoms with van der Waals surface area (Å²) < 4.78 is 61.5. The van der Waals surface area contributed by atoms with Crippen LogP contribution in [0.25, 0.3) is 0 Å². The van der Waals surface area contributed by atoms with Crippen molar-refractivity contribution in [1.29, 1.82) is 0 Å². The number of epoxide rings is 1. The zero-order valence-electron chi connectivity index (χ0n) is 36.2. The van der Waals surface area contributed by atoms with Gasteiger partial charge in [0, 0.05) is 46.1 Å². The molecule has 4 aliphatic heterocycles. The second-order valence-corrected chi connectivity index (χ2v) is 17.1. The summed E-state index contributed by atoms with van der Waals surface area (Å²) in [5, 5.41) is 0. The molecule has 0 aliphatic carbocycles. The molecule has 57 heavy (non-hydrogen) atoms. The van der Waals surface area contributed by atoms with Crippen LogP contribution in [0.5, 0.6) is 0 Å². The third kappa shape index (κ3) is 11.3. The van der Waals surface area contributed by atoms with Gasteiger partial charge in [-0.05, 0) is 60.5 Å². The van der Waals surface area contributed by atoms with Crippen LogP contribution in [0.2, 0.25) is 0 Å². The molecular formula is C41H67NO15. The van der Waals surface area contributed by atoms with E-state index in [1.165, 1.54) is 27.9 Å². The van der Waals surface area contributed by atoms with Crippen molar-refractivity contribution in [2.45, 2.75) is 175 Å². The second kappa shape index (κ2) is 19.6. The Labute approximate surface area is 337 Å². The van der Waals surface area contributed by atoms with Crippen LogP contribution in [0.4, 0.5) is 0 Å². The fourth-order valence-electron chi connectivity index (χ4n) is 8.93. The van der Waals surface area contributed by atoms with Crippen LogP contribution in [0, 0.1) is 29.6 Å². The van der Waals surface area contributed by atoms with Crippen LogP contribution < -0.4 is 0 Å². The maximum atomic E-state index is 14.4. The molecule has 16 heteroatoms. The molecule has 4 rings (SSSR count). The number of rotatable bonds is 9. The average molecular weight is 814 g/mol. The Bertz CT molecular complexity index is 1420. The van der Waals surface area contributed by atoms with Crippen LogP contribution in [-0.4, -0.2) is 142 Å². The Morgan fingerprint density at radius 1 is 0.702 bits per heavy atom. The largest absolute Gasteiger partial charge is 0.462 e. The first-order valence-corrected chi connectivity index (χ1v) is 20.3. The Morgan fingerprint density at radius 3 is 1.82 bits per heavy atom. The van der Waals surface area contributed by atoms with E-state index in [-0.39, 0.29) is 37.4 Å². The van der Waals surface area contributed by atoms with Gasteiger partial charge in [-0.15, -0.1) is 0 Å². The number of nitrogens with zero attached hydrogens (tertiary/aromatic N) is 1. The van der Waals surface area contributed by atoms with Gasteiger partial charge in [-0.3, -0.25) is 24.0 Å². The van der Waals surface area contributed by atoms with Gasteiger partial charge in [0.15, 0.2) is 36.2 Å². The fourth-order valence-corrected chi connectivity index (χ4v) is 8.93. The summed E-state index contributed by atoms with van der Waals surface area (Å²) in [4.78, 5) is 67.4. The summed E-state index contributed by atoms with van der Waals surface area (Å²) in [6.45, 7) is 18.5. The van der Waals surface area contributed by atoms with E-state index in [2.05, 4.69) is 0 Å². The Morgan fingerprint density at radius 2 is 1.28 bits per heavy atom. The van der Waals surface area contributed by atoms with Gasteiger partial charge in [0.25, 0.3) is 0 Å². The standard InChI is InChI=1S/C41H67NO15/c1-19-17-41(18-49-41)38(46)23(5)34(53-27(9)43)21(3)25(7)52-39(47)24(6)35(56-32-16-31(48-14)36(26(8)51-32)54-28(10)44)22(4)33(19)57-40-37(55-29(11)45)30(42(12)13)15-20(2)50-40/h19-26,30-37,40H,15-18H2,1-14H3/t19-,20+,21-,22+,23+,24+,25+,26-,30-,31-,32-,33-,34-,35-,36-,37+,40?,41-/m0/s1. The Hall–Kier alpha value is -2.73. The van der Waals surface area contributed by atoms with E-state index in [1.54, 1.807) is 34.6 Å². The molecule has 4 aliphatic rings. The number of methoxy groups -OCH3 is 1. The molecule has 4 fully saturated rings. The molecule has 1 spiro atoms. The first kappa shape index (κ1) is 47.0. The van der Waals surface area contributed by atoms with Crippen LogP contribution in [-0.2, 0) is 71.3 Å². The quantitative estimate of drug-likeness (QED) is 0.187. The molecule has 4 heterocycles. The molecular weight excluding hydrogens is 746 g/mol. The van der Waals surface area contributed by atoms with Crippen molar-refractivity contribution in [3.05, 3.63) is 0 Å². The number of ketones is 1. The second-order valence-electron chi connectivity index (χ2n) is 17.1. The summed E-state index contributed by atoms with van der Waals surface area (Å²) in [5.41, 5.74) is -1.19. The molecule has 1 unspecified atom stereocenters. The van der Waals surface area contributed by atoms with Crippen molar-refractivity contribution < 1.29 is 71.3 Å². The van der Waals surface area contributed by atoms with Crippen molar-refractivity contribution in [2.75, 3.05) is 27.8 Å². The van der Waals surface area contributed by atoms with Gasteiger partial charge in [-0.2, -0.15) is 0 Å². The number of ether oxygens (including phenoxy) is 10. The summed E-state index contributed by atoms with van der Waals surface area (Å²) in [6.07, 6.45) is -7.35. The number of cyclic esters (lactones) is 1. The summed E-state index contributed by atoms with van der Waals surface area (Å²) in [5.74, 6) is -5.69. The lowest BCUT2D eigenvalue weighted by atomic mass is 9.76. The molecule has 0 amide bonds. The van der Waals surface area contributed by atoms with Crippen molar-refractivity contribution in [1.82, 2.24) is 4.90 Å². The highest BCUT2D eigenvalue weighted by atomic mass is 16.7. The zero-order chi connectivity index (χ0) is 42.7. The molecule has 16 nitrogen and oxygen atoms in total. The van der Waals surface area contributed by atoms with E-state index in [9.17, 15) is 24.0 Å². The first-order valence-electron chi connectivity index (χ1n) is 20.3. The number of likely N-dealkylation sites (N-methyl/N-ethyl adjacent to an activating group) is 1. The van der Waals surface area contributed by atoms with Gasteiger partial charge < -0.3 is 52.3 Å². The molecule has 18 atom stereocenters. The van der Waals surface area contributed by atoms with Crippen LogP contribution in [0.1, 0.15) is 95.4 Å². The first-order chi connectivity index (χ1) is 26.6. The molecule has 4 saturated heterocycles. The zero-order valence-corrected chi connectivity index (χ0v) is 36.2. The SMILES string of the molecule is CO[C@H]1C[C@H](O[C@H]2[C@H](C)[C@@H](OC3O[C@H](C)C[C@H](N(C)C)[C@H]3OC(C)=O)[C@@H](C)C[C@]3(CO3)C(=O)[C@H](C)[C@@H](OC(C)=O)[C@@H](C)[C@@H](C)OC(=O)[C@@H]2C)O[C@@H](C)[C@@H]1OC(C)=O. The van der Waals surface area contributed by atoms with Gasteiger partial charge in [0.1, 0.15) is 18.3 Å². The Kier molecular flexibility index (Phi) is 16.1. The monoisotopic (exact) mass is 813 g/mol. The maximum Gasteiger partial charge on any atom is 0.311 e. The highest BCUT2D eigenvalue weighted by Gasteiger charge is 2.58. The third-order valence-corrected chi connectivity index (χ3v) is 12.2. The number of carbonyl (C=O) groups excluding carboxylic acids is 5. The lowest BCUT2D eigenvalue weighted by Crippen LogP contribution is -2.58. The molecule has 326 valence electrons. The molecule has 0 N–H and O–H groups in total. The number of hydrogen-bond donors (Lipinski definition) is 0. The molecule has 0 saturated carbocycles. The minimum atomic E-state index is -1.19. The van der Waals surface area contributed by atoms with Crippen LogP contribution in [0.15, 0.2) is 0 Å². The summed E-state index contributed by atoms with van der Waals surface area (Å²) >= 11 is 0. The number of carbonyl (C=O) groups is 5. The normalized spacial score (nSPS) is 43.5. The molecule has 0 radical (unpaired) electrons. The highest BCUT2D eigenvalue weighted by molar-refractivity contribution is 5.92. The summed E-state index contributed by atoms with van der Waals surface area (Å²) in [6, 6.07) is -0.247. The van der Waals surface area contributed by atoms with E-state index >= 15 is 0 Å². The van der Waals surface area contributed by atoms with Gasteiger partial charge >= 0.3 is 23.9 Å². The van der Waals surface area contributed by atoms with Gasteiger partial charge in [0.05, 0.1) is 48.9 Å². The van der Waals surface area contributed by atoms with E-state index in [4.69, 9.17) is 47.4 Å². The van der Waals surface area contributed by atoms with E-state index in [1.807, 2.05) is 39.8 Å². The van der Waals surface area contributed by atoms with E-state index in [0.717, 1.165) is 0 Å². The molecule has 0 aromatic carbocycles. The van der Waals surface area contributed by atoms with E-state index < -0.39 is 120 Å². The van der Waals surface area contributed by atoms with E-state index in [0.29, 0.717) is 6.42 Å². The predicted octanol–water partition coefficient (Wildman–Crippen LogP) is 3.62. The van der Waals surface area contributed by atoms with Crippen molar-refractivity contribution in [3.63, 3.8) is 0 Å². The average Bonchev–Trinajstić information content (AvgIpc) is 3.91. The number of esters is 4. The van der Waals surface area contributed by atoms with Gasteiger partial charge in [-0.25, -0.2) is 0 Å². The molecule has 0 aromatic rings. The number of hydrogen-bond acceptors (Lipinski definition) is 16. The van der Waals surface area contributed by atoms with Crippen LogP contribution in [0.3, 0.4) is 0 Å². The Balaban J connectivity index is 1.82. The minimum Gasteiger partial charge on any atom is -0.462 e. The maximum absolute atomic E-state index is 14.4. The fraction of sp³-hybridized carbons (Fsp3) is 0.878. The van der Waals surface area contributed by atoms with Crippen LogP contribution >= 0.6 is 0 Å². The molecule has 0 aromatic heterocycles. The third-order valence-electron chi connectivity index (χ3n) is 12.2.